The Kier molecular flexibility index (Phi) is 3.13. The highest BCUT2D eigenvalue weighted by Gasteiger charge is 2.59. The monoisotopic (exact) mass is 346 g/mol. The molecule has 6 rings (SSSR count). The topological polar surface area (TPSA) is 9.23 Å². The van der Waals surface area contributed by atoms with Crippen molar-refractivity contribution in [3.63, 3.8) is 0 Å². The van der Waals surface area contributed by atoms with Crippen LogP contribution in [0.15, 0.2) is 96.5 Å². The molecule has 0 saturated carbocycles. The third kappa shape index (κ3) is 1.89. The lowest BCUT2D eigenvalue weighted by Gasteiger charge is -2.54. The van der Waals surface area contributed by atoms with Crippen molar-refractivity contribution < 1.29 is 4.74 Å². The van der Waals surface area contributed by atoms with Crippen molar-refractivity contribution in [3.05, 3.63) is 108 Å². The maximum Gasteiger partial charge on any atom is 0.113 e. The zero-order valence-electron chi connectivity index (χ0n) is 15.0. The van der Waals surface area contributed by atoms with E-state index in [0.717, 1.165) is 5.47 Å². The van der Waals surface area contributed by atoms with Crippen LogP contribution in [0.4, 0.5) is 0 Å². The van der Waals surface area contributed by atoms with Crippen LogP contribution < -0.4 is 0 Å². The van der Waals surface area contributed by atoms with Crippen LogP contribution in [0, 0.1) is 11.8 Å². The lowest BCUT2D eigenvalue weighted by molar-refractivity contribution is -0.0809. The average Bonchev–Trinajstić information content (AvgIpc) is 3.01. The molecule has 1 fully saturated rings. The van der Waals surface area contributed by atoms with Gasteiger partial charge in [-0.05, 0) is 22.3 Å². The Hall–Kier alpha value is -2.58. The zero-order chi connectivity index (χ0) is 18.0. The second-order valence-electron chi connectivity index (χ2n) is 7.87. The van der Waals surface area contributed by atoms with Crippen LogP contribution >= 0.6 is 0 Å². The molecule has 2 radical (unpaired) electrons. The van der Waals surface area contributed by atoms with Crippen LogP contribution in [0.1, 0.15) is 11.1 Å². The molecule has 1 spiro atoms. The molecule has 0 bridgehead atoms. The minimum Gasteiger partial charge on any atom is -0.366 e. The molecule has 1 heterocycles. The Labute approximate surface area is 161 Å². The summed E-state index contributed by atoms with van der Waals surface area (Å²) in [6.07, 6.45) is 15.3. The van der Waals surface area contributed by atoms with E-state index >= 15 is 0 Å². The van der Waals surface area contributed by atoms with Gasteiger partial charge in [0.1, 0.15) is 7.85 Å². The van der Waals surface area contributed by atoms with Crippen LogP contribution in [-0.4, -0.2) is 20.1 Å². The van der Waals surface area contributed by atoms with E-state index in [1.807, 2.05) is 6.08 Å². The lowest BCUT2D eigenvalue weighted by Crippen LogP contribution is -2.56. The van der Waals surface area contributed by atoms with Crippen molar-refractivity contribution in [2.24, 2.45) is 11.8 Å². The second-order valence-corrected chi connectivity index (χ2v) is 7.87. The van der Waals surface area contributed by atoms with Crippen LogP contribution in [0.2, 0.25) is 0 Å². The summed E-state index contributed by atoms with van der Waals surface area (Å²) in [6, 6.07) is 17.8. The molecular weight excluding hydrogens is 327 g/mol. The minimum atomic E-state index is -0.169. The molecule has 27 heavy (non-hydrogen) atoms. The Bertz CT molecular complexity index is 1010. The van der Waals surface area contributed by atoms with Gasteiger partial charge in [0.05, 0.1) is 12.2 Å². The maximum atomic E-state index is 6.53. The molecule has 1 saturated heterocycles. The van der Waals surface area contributed by atoms with Crippen LogP contribution in [0.5, 0.6) is 0 Å². The summed E-state index contributed by atoms with van der Waals surface area (Å²) in [5.41, 5.74) is 6.15. The molecule has 2 aromatic rings. The summed E-state index contributed by atoms with van der Waals surface area (Å²) in [5, 5.41) is 0. The normalized spacial score (nSPS) is 31.0. The number of hydrogen-bond acceptors (Lipinski definition) is 1. The summed E-state index contributed by atoms with van der Waals surface area (Å²) < 4.78 is 6.53. The second kappa shape index (κ2) is 5.47. The van der Waals surface area contributed by atoms with Gasteiger partial charge in [-0.2, -0.15) is 0 Å². The highest BCUT2D eigenvalue weighted by atomic mass is 16.5. The smallest absolute Gasteiger partial charge is 0.113 e. The van der Waals surface area contributed by atoms with Gasteiger partial charge in [-0.25, -0.2) is 0 Å². The predicted octanol–water partition coefficient (Wildman–Crippen LogP) is 4.70. The van der Waals surface area contributed by atoms with Crippen LogP contribution in [0.3, 0.4) is 0 Å². The molecule has 1 aliphatic heterocycles. The van der Waals surface area contributed by atoms with Crippen molar-refractivity contribution in [1.29, 1.82) is 0 Å². The van der Waals surface area contributed by atoms with Gasteiger partial charge in [-0.1, -0.05) is 91.1 Å². The van der Waals surface area contributed by atoms with Crippen LogP contribution in [-0.2, 0) is 10.2 Å². The fraction of sp³-hybridized carbons (Fsp3) is 0.200. The Morgan fingerprint density at radius 3 is 2.11 bits per heavy atom. The zero-order valence-corrected chi connectivity index (χ0v) is 15.0. The highest BCUT2D eigenvalue weighted by molar-refractivity contribution is 6.23. The van der Waals surface area contributed by atoms with Crippen LogP contribution in [0.25, 0.3) is 11.1 Å². The van der Waals surface area contributed by atoms with Gasteiger partial charge >= 0.3 is 0 Å². The first-order valence-corrected chi connectivity index (χ1v) is 9.65. The summed E-state index contributed by atoms with van der Waals surface area (Å²) in [4.78, 5) is 0. The van der Waals surface area contributed by atoms with Crippen molar-refractivity contribution in [1.82, 2.24) is 0 Å². The molecule has 0 N–H and O–H groups in total. The Balaban J connectivity index is 1.72. The minimum absolute atomic E-state index is 0.0221. The molecule has 4 unspecified atom stereocenters. The summed E-state index contributed by atoms with van der Waals surface area (Å²) >= 11 is 0. The average molecular weight is 346 g/mol. The highest BCUT2D eigenvalue weighted by Crippen LogP contribution is 2.62. The summed E-state index contributed by atoms with van der Waals surface area (Å²) in [7, 11) is 6.29. The summed E-state index contributed by atoms with van der Waals surface area (Å²) in [5.74, 6) is 0.411. The molecule has 128 valence electrons. The molecule has 0 amide bonds. The maximum absolute atomic E-state index is 6.53. The van der Waals surface area contributed by atoms with E-state index in [4.69, 9.17) is 12.6 Å². The standard InChI is InChI=1S/C25H19BO/c26-16-13-14-24-22(15-16)25(21-11-5-6-12-23(21)27-24)19-9-3-1-7-17(19)18-8-2-4-10-20(18)25/h1-15,21-24H. The van der Waals surface area contributed by atoms with Gasteiger partial charge in [-0.3, -0.25) is 0 Å². The van der Waals surface area contributed by atoms with E-state index in [-0.39, 0.29) is 29.5 Å². The van der Waals surface area contributed by atoms with Gasteiger partial charge in [0.15, 0.2) is 0 Å². The molecule has 2 aromatic carbocycles. The third-order valence-electron chi connectivity index (χ3n) is 6.69. The van der Waals surface area contributed by atoms with E-state index < -0.39 is 0 Å². The first-order valence-electron chi connectivity index (χ1n) is 9.65. The van der Waals surface area contributed by atoms with E-state index in [0.29, 0.717) is 0 Å². The van der Waals surface area contributed by atoms with Gasteiger partial charge < -0.3 is 4.74 Å². The summed E-state index contributed by atoms with van der Waals surface area (Å²) in [6.45, 7) is 0. The first kappa shape index (κ1) is 15.5. The Morgan fingerprint density at radius 1 is 0.741 bits per heavy atom. The molecule has 3 aliphatic carbocycles. The van der Waals surface area contributed by atoms with E-state index in [9.17, 15) is 0 Å². The third-order valence-corrected chi connectivity index (χ3v) is 6.69. The van der Waals surface area contributed by atoms with Crippen molar-refractivity contribution in [2.75, 3.05) is 0 Å². The van der Waals surface area contributed by atoms with Gasteiger partial charge in [0.25, 0.3) is 0 Å². The van der Waals surface area contributed by atoms with Crippen molar-refractivity contribution >= 4 is 7.85 Å². The molecule has 4 aliphatic rings. The molecule has 1 nitrogen and oxygen atoms in total. The molecule has 4 atom stereocenters. The number of allylic oxidation sites excluding steroid dienone is 4. The van der Waals surface area contributed by atoms with E-state index in [2.05, 4.69) is 85.0 Å². The SMILES string of the molecule is [B]C1=CC2C(C=C1)OC1C=CC=CC1C21c2ccccc2-c2ccccc21. The lowest BCUT2D eigenvalue weighted by atomic mass is 9.54. The van der Waals surface area contributed by atoms with Gasteiger partial charge in [-0.15, -0.1) is 5.47 Å². The fourth-order valence-corrected chi connectivity index (χ4v) is 5.76. The quantitative estimate of drug-likeness (QED) is 0.628. The number of benzene rings is 2. The number of rotatable bonds is 0. The number of ether oxygens (including phenoxy) is 1. The van der Waals surface area contributed by atoms with E-state index in [1.54, 1.807) is 0 Å². The van der Waals surface area contributed by atoms with Crippen molar-refractivity contribution in [3.8, 4) is 11.1 Å². The van der Waals surface area contributed by atoms with Gasteiger partial charge in [0, 0.05) is 17.3 Å². The fourth-order valence-electron chi connectivity index (χ4n) is 5.76. The van der Waals surface area contributed by atoms with Gasteiger partial charge in [0.2, 0.25) is 0 Å². The number of hydrogen-bond donors (Lipinski definition) is 0. The van der Waals surface area contributed by atoms with E-state index in [1.165, 1.54) is 22.3 Å². The largest absolute Gasteiger partial charge is 0.366 e. The van der Waals surface area contributed by atoms with Crippen molar-refractivity contribution in [2.45, 2.75) is 17.6 Å². The number of fused-ring (bicyclic) bond motifs is 9. The Morgan fingerprint density at radius 2 is 1.37 bits per heavy atom. The molecule has 2 heteroatoms. The molecular formula is C25H19BO. The first-order chi connectivity index (χ1) is 13.3. The molecule has 0 aromatic heterocycles. The predicted molar refractivity (Wildman–Crippen MR) is 110 cm³/mol.